The highest BCUT2D eigenvalue weighted by atomic mass is 16.6. The Morgan fingerprint density at radius 1 is 1.68 bits per heavy atom. The van der Waals surface area contributed by atoms with Crippen molar-refractivity contribution in [3.05, 3.63) is 27.9 Å². The molecule has 0 spiro atoms. The summed E-state index contributed by atoms with van der Waals surface area (Å²) in [5.41, 5.74) is 0.757. The van der Waals surface area contributed by atoms with E-state index in [1.165, 1.54) is 6.07 Å². The van der Waals surface area contributed by atoms with Gasteiger partial charge in [-0.3, -0.25) is 10.1 Å². The van der Waals surface area contributed by atoms with Gasteiger partial charge in [0.05, 0.1) is 24.2 Å². The second-order valence-corrected chi connectivity index (χ2v) is 4.55. The van der Waals surface area contributed by atoms with Gasteiger partial charge in [-0.2, -0.15) is 0 Å². The summed E-state index contributed by atoms with van der Waals surface area (Å²) in [5.74, 6) is 0.359. The third-order valence-electron chi connectivity index (χ3n) is 3.14. The molecule has 1 aromatic rings. The third kappa shape index (κ3) is 2.99. The fourth-order valence-electron chi connectivity index (χ4n) is 2.22. The molecule has 0 bridgehead atoms. The average molecular weight is 267 g/mol. The fraction of sp³-hybridized carbons (Fsp3) is 0.583. The van der Waals surface area contributed by atoms with Gasteiger partial charge >= 0.3 is 5.69 Å². The molecule has 0 radical (unpaired) electrons. The second kappa shape index (κ2) is 5.94. The number of aromatic nitrogens is 1. The van der Waals surface area contributed by atoms with Crippen LogP contribution in [0.15, 0.2) is 12.3 Å². The molecular weight excluding hydrogens is 250 g/mol. The highest BCUT2D eigenvalue weighted by Crippen LogP contribution is 2.29. The molecule has 1 aliphatic heterocycles. The van der Waals surface area contributed by atoms with Gasteiger partial charge < -0.3 is 14.7 Å². The predicted molar refractivity (Wildman–Crippen MR) is 69.3 cm³/mol. The number of nitrogens with zero attached hydrogens (tertiary/aromatic N) is 3. The third-order valence-corrected chi connectivity index (χ3v) is 3.14. The number of morpholine rings is 1. The zero-order valence-corrected chi connectivity index (χ0v) is 10.8. The molecular formula is C12H17N3O4. The van der Waals surface area contributed by atoms with E-state index >= 15 is 0 Å². The van der Waals surface area contributed by atoms with Crippen molar-refractivity contribution in [2.24, 2.45) is 0 Å². The molecule has 19 heavy (non-hydrogen) atoms. The van der Waals surface area contributed by atoms with Crippen LogP contribution in [0.3, 0.4) is 0 Å². The smallest absolute Gasteiger partial charge is 0.311 e. The van der Waals surface area contributed by atoms with Crippen LogP contribution in [0.2, 0.25) is 0 Å². The summed E-state index contributed by atoms with van der Waals surface area (Å²) < 4.78 is 5.36. The van der Waals surface area contributed by atoms with Crippen molar-refractivity contribution >= 4 is 11.5 Å². The zero-order chi connectivity index (χ0) is 13.8. The van der Waals surface area contributed by atoms with E-state index in [-0.39, 0.29) is 18.3 Å². The Morgan fingerprint density at radius 3 is 3.16 bits per heavy atom. The van der Waals surface area contributed by atoms with Crippen molar-refractivity contribution in [1.82, 2.24) is 4.98 Å². The number of rotatable bonds is 4. The first-order chi connectivity index (χ1) is 9.13. The lowest BCUT2D eigenvalue weighted by molar-refractivity contribution is -0.384. The van der Waals surface area contributed by atoms with Gasteiger partial charge in [0.25, 0.3) is 0 Å². The topological polar surface area (TPSA) is 88.7 Å². The molecule has 1 N–H and O–H groups in total. The van der Waals surface area contributed by atoms with E-state index in [0.717, 1.165) is 5.56 Å². The Balaban J connectivity index is 2.35. The molecule has 0 amide bonds. The number of aliphatic hydroxyl groups is 1. The van der Waals surface area contributed by atoms with E-state index in [1.54, 1.807) is 13.1 Å². The first kappa shape index (κ1) is 13.7. The highest BCUT2D eigenvalue weighted by molar-refractivity contribution is 5.59. The van der Waals surface area contributed by atoms with Gasteiger partial charge in [0.15, 0.2) is 0 Å². The van der Waals surface area contributed by atoms with E-state index < -0.39 is 4.92 Å². The number of hydrogen-bond acceptors (Lipinski definition) is 6. The number of ether oxygens (including phenoxy) is 1. The summed E-state index contributed by atoms with van der Waals surface area (Å²) >= 11 is 0. The second-order valence-electron chi connectivity index (χ2n) is 4.55. The maximum absolute atomic E-state index is 11.1. The molecule has 0 aromatic carbocycles. The predicted octanol–water partition coefficient (Wildman–Crippen LogP) is 0.886. The van der Waals surface area contributed by atoms with Crippen molar-refractivity contribution in [3.63, 3.8) is 0 Å². The molecule has 0 unspecified atom stereocenters. The Hall–Kier alpha value is -1.73. The molecule has 1 fully saturated rings. The number of hydrogen-bond donors (Lipinski definition) is 1. The first-order valence-corrected chi connectivity index (χ1v) is 6.19. The van der Waals surface area contributed by atoms with Crippen LogP contribution in [-0.2, 0) is 4.74 Å². The average Bonchev–Trinajstić information content (AvgIpc) is 2.40. The van der Waals surface area contributed by atoms with Crippen molar-refractivity contribution in [3.8, 4) is 0 Å². The minimum Gasteiger partial charge on any atom is -0.396 e. The van der Waals surface area contributed by atoms with Gasteiger partial charge in [0.2, 0.25) is 5.82 Å². The van der Waals surface area contributed by atoms with Crippen molar-refractivity contribution in [2.75, 3.05) is 31.3 Å². The minimum absolute atomic E-state index is 0.00448. The van der Waals surface area contributed by atoms with Crippen LogP contribution in [-0.4, -0.2) is 47.4 Å². The largest absolute Gasteiger partial charge is 0.396 e. The molecule has 0 saturated carbocycles. The lowest BCUT2D eigenvalue weighted by atomic mass is 10.1. The Bertz CT molecular complexity index is 464. The lowest BCUT2D eigenvalue weighted by Crippen LogP contribution is -2.46. The van der Waals surface area contributed by atoms with Crippen LogP contribution in [0.5, 0.6) is 0 Å². The summed E-state index contributed by atoms with van der Waals surface area (Å²) in [5, 5.41) is 20.2. The Labute approximate surface area is 111 Å². The van der Waals surface area contributed by atoms with Gasteiger partial charge in [0.1, 0.15) is 0 Å². The molecule has 1 atom stereocenters. The molecule has 2 heterocycles. The quantitative estimate of drug-likeness (QED) is 0.643. The summed E-state index contributed by atoms with van der Waals surface area (Å²) in [4.78, 5) is 16.8. The van der Waals surface area contributed by atoms with Crippen LogP contribution in [0.25, 0.3) is 0 Å². The Kier molecular flexibility index (Phi) is 4.28. The van der Waals surface area contributed by atoms with Crippen LogP contribution in [0, 0.1) is 17.0 Å². The number of anilines is 1. The van der Waals surface area contributed by atoms with Crippen molar-refractivity contribution in [2.45, 2.75) is 19.4 Å². The molecule has 1 saturated heterocycles. The summed E-state index contributed by atoms with van der Waals surface area (Å²) in [7, 11) is 0. The number of nitro groups is 1. The van der Waals surface area contributed by atoms with Gasteiger partial charge in [-0.25, -0.2) is 4.98 Å². The monoisotopic (exact) mass is 267 g/mol. The summed E-state index contributed by atoms with van der Waals surface area (Å²) in [6, 6.07) is 1.45. The van der Waals surface area contributed by atoms with Gasteiger partial charge in [-0.15, -0.1) is 0 Å². The molecule has 104 valence electrons. The molecule has 7 nitrogen and oxygen atoms in total. The van der Waals surface area contributed by atoms with E-state index in [4.69, 9.17) is 9.84 Å². The van der Waals surface area contributed by atoms with Gasteiger partial charge in [-0.05, 0) is 18.9 Å². The number of aryl methyl sites for hydroxylation is 1. The van der Waals surface area contributed by atoms with Gasteiger partial charge in [-0.1, -0.05) is 0 Å². The maximum Gasteiger partial charge on any atom is 0.311 e. The van der Waals surface area contributed by atoms with Crippen LogP contribution < -0.4 is 4.90 Å². The highest BCUT2D eigenvalue weighted by Gasteiger charge is 2.29. The first-order valence-electron chi connectivity index (χ1n) is 6.19. The SMILES string of the molecule is Cc1cnc(N2CCOC[C@@H]2CCO)c([N+](=O)[O-])c1. The lowest BCUT2D eigenvalue weighted by Gasteiger charge is -2.35. The zero-order valence-electron chi connectivity index (χ0n) is 10.8. The fourth-order valence-corrected chi connectivity index (χ4v) is 2.22. The normalized spacial score (nSPS) is 19.5. The van der Waals surface area contributed by atoms with E-state index in [0.29, 0.717) is 32.0 Å². The Morgan fingerprint density at radius 2 is 2.47 bits per heavy atom. The van der Waals surface area contributed by atoms with Crippen LogP contribution >= 0.6 is 0 Å². The molecule has 2 rings (SSSR count). The van der Waals surface area contributed by atoms with Crippen molar-refractivity contribution in [1.29, 1.82) is 0 Å². The van der Waals surface area contributed by atoms with Crippen LogP contribution in [0.4, 0.5) is 11.5 Å². The minimum atomic E-state index is -0.416. The summed E-state index contributed by atoms with van der Waals surface area (Å²) in [6.07, 6.45) is 2.13. The maximum atomic E-state index is 11.1. The standard InChI is InChI=1S/C12H17N3O4/c1-9-6-11(15(17)18)12(13-7-9)14-3-5-19-8-10(14)2-4-16/h6-7,10,16H,2-5,8H2,1H3/t10-/m0/s1. The van der Waals surface area contributed by atoms with E-state index in [1.807, 2.05) is 4.90 Å². The number of aliphatic hydroxyl groups excluding tert-OH is 1. The number of pyridine rings is 1. The molecule has 7 heteroatoms. The van der Waals surface area contributed by atoms with Gasteiger partial charge in [0, 0.05) is 25.4 Å². The van der Waals surface area contributed by atoms with E-state index in [2.05, 4.69) is 4.98 Å². The molecule has 0 aliphatic carbocycles. The molecule has 1 aromatic heterocycles. The van der Waals surface area contributed by atoms with Crippen LogP contribution in [0.1, 0.15) is 12.0 Å². The molecule has 1 aliphatic rings. The summed E-state index contributed by atoms with van der Waals surface area (Å²) in [6.45, 7) is 3.29. The van der Waals surface area contributed by atoms with Crippen molar-refractivity contribution < 1.29 is 14.8 Å². The van der Waals surface area contributed by atoms with E-state index in [9.17, 15) is 10.1 Å².